The Bertz CT molecular complexity index is 1180. The Balaban J connectivity index is 1.29. The SMILES string of the molecule is Cc1ccc(-c2cn3nc(N4CCC[C@H](C(=O)Nc5ccc(F)cc5)C4)sc3n2)cc1. The Morgan fingerprint density at radius 2 is 1.94 bits per heavy atom. The second-order valence-corrected chi connectivity index (χ2v) is 8.82. The lowest BCUT2D eigenvalue weighted by Crippen LogP contribution is -2.40. The van der Waals surface area contributed by atoms with E-state index in [0.29, 0.717) is 12.2 Å². The number of aryl methyl sites for hydroxylation is 1. The van der Waals surface area contributed by atoms with E-state index >= 15 is 0 Å². The van der Waals surface area contributed by atoms with Gasteiger partial charge in [-0.05, 0) is 44.0 Å². The Morgan fingerprint density at radius 1 is 1.16 bits per heavy atom. The van der Waals surface area contributed by atoms with Gasteiger partial charge in [0.15, 0.2) is 0 Å². The number of halogens is 1. The molecule has 5 rings (SSSR count). The Kier molecular flexibility index (Phi) is 5.15. The monoisotopic (exact) mass is 435 g/mol. The fraction of sp³-hybridized carbons (Fsp3) is 0.261. The van der Waals surface area contributed by atoms with Crippen LogP contribution in [-0.2, 0) is 4.79 Å². The molecule has 4 aromatic rings. The van der Waals surface area contributed by atoms with Crippen LogP contribution in [0.2, 0.25) is 0 Å². The van der Waals surface area contributed by atoms with Gasteiger partial charge < -0.3 is 10.2 Å². The van der Waals surface area contributed by atoms with Crippen molar-refractivity contribution in [3.63, 3.8) is 0 Å². The van der Waals surface area contributed by atoms with Gasteiger partial charge >= 0.3 is 0 Å². The molecule has 0 saturated carbocycles. The van der Waals surface area contributed by atoms with E-state index in [1.807, 2.05) is 10.7 Å². The first-order chi connectivity index (χ1) is 15.0. The molecule has 3 heterocycles. The van der Waals surface area contributed by atoms with Crippen molar-refractivity contribution in [3.8, 4) is 11.3 Å². The summed E-state index contributed by atoms with van der Waals surface area (Å²) in [4.78, 5) is 20.4. The Hall–Kier alpha value is -3.26. The average molecular weight is 436 g/mol. The second-order valence-electron chi connectivity index (χ2n) is 7.89. The van der Waals surface area contributed by atoms with Crippen LogP contribution in [0.4, 0.5) is 15.2 Å². The first kappa shape index (κ1) is 19.7. The lowest BCUT2D eigenvalue weighted by atomic mass is 9.97. The number of rotatable bonds is 4. The minimum absolute atomic E-state index is 0.0423. The summed E-state index contributed by atoms with van der Waals surface area (Å²) in [6.45, 7) is 3.53. The van der Waals surface area contributed by atoms with E-state index in [0.717, 1.165) is 40.7 Å². The number of anilines is 2. The maximum absolute atomic E-state index is 13.1. The van der Waals surface area contributed by atoms with E-state index in [4.69, 9.17) is 10.1 Å². The van der Waals surface area contributed by atoms with Crippen LogP contribution in [0.3, 0.4) is 0 Å². The summed E-state index contributed by atoms with van der Waals surface area (Å²) in [6, 6.07) is 14.1. The van der Waals surface area contributed by atoms with Crippen LogP contribution in [0.1, 0.15) is 18.4 Å². The Morgan fingerprint density at radius 3 is 2.68 bits per heavy atom. The number of aromatic nitrogens is 3. The molecule has 1 amide bonds. The van der Waals surface area contributed by atoms with Gasteiger partial charge in [0, 0.05) is 24.3 Å². The number of benzene rings is 2. The highest BCUT2D eigenvalue weighted by atomic mass is 32.1. The van der Waals surface area contributed by atoms with Gasteiger partial charge in [-0.1, -0.05) is 41.2 Å². The smallest absolute Gasteiger partial charge is 0.229 e. The van der Waals surface area contributed by atoms with Crippen molar-refractivity contribution in [1.29, 1.82) is 0 Å². The molecule has 0 bridgehead atoms. The topological polar surface area (TPSA) is 62.5 Å². The third-order valence-corrected chi connectivity index (χ3v) is 6.54. The molecule has 1 aliphatic heterocycles. The van der Waals surface area contributed by atoms with Gasteiger partial charge in [0.05, 0.1) is 17.8 Å². The maximum atomic E-state index is 13.1. The zero-order valence-corrected chi connectivity index (χ0v) is 17.9. The molecule has 1 saturated heterocycles. The van der Waals surface area contributed by atoms with Gasteiger partial charge in [-0.15, -0.1) is 5.10 Å². The quantitative estimate of drug-likeness (QED) is 0.502. The molecule has 0 unspecified atom stereocenters. The largest absolute Gasteiger partial charge is 0.346 e. The van der Waals surface area contributed by atoms with Gasteiger partial charge in [-0.2, -0.15) is 0 Å². The van der Waals surface area contributed by atoms with Crippen molar-refractivity contribution in [3.05, 3.63) is 66.1 Å². The van der Waals surface area contributed by atoms with Gasteiger partial charge in [0.25, 0.3) is 0 Å². The first-order valence-electron chi connectivity index (χ1n) is 10.3. The molecule has 1 aliphatic rings. The fourth-order valence-electron chi connectivity index (χ4n) is 3.82. The maximum Gasteiger partial charge on any atom is 0.229 e. The standard InChI is InChI=1S/C23H22FN5OS/c1-15-4-6-16(7-5-15)20-14-29-22(26-20)31-23(27-29)28-12-2-3-17(13-28)21(30)25-19-10-8-18(24)9-11-19/h4-11,14,17H,2-3,12-13H2,1H3,(H,25,30)/t17-/m0/s1. The number of carbonyl (C=O) groups excluding carboxylic acids is 1. The minimum atomic E-state index is -0.318. The number of fused-ring (bicyclic) bond motifs is 1. The zero-order valence-electron chi connectivity index (χ0n) is 17.1. The summed E-state index contributed by atoms with van der Waals surface area (Å²) in [5.41, 5.74) is 3.80. The number of amides is 1. The minimum Gasteiger partial charge on any atom is -0.346 e. The lowest BCUT2D eigenvalue weighted by molar-refractivity contribution is -0.120. The summed E-state index contributed by atoms with van der Waals surface area (Å²) in [6.07, 6.45) is 3.68. The van der Waals surface area contributed by atoms with Crippen LogP contribution in [0.5, 0.6) is 0 Å². The van der Waals surface area contributed by atoms with Crippen molar-refractivity contribution >= 4 is 33.0 Å². The van der Waals surface area contributed by atoms with Crippen molar-refractivity contribution < 1.29 is 9.18 Å². The molecule has 0 radical (unpaired) electrons. The number of piperidine rings is 1. The van der Waals surface area contributed by atoms with E-state index in [2.05, 4.69) is 41.4 Å². The number of imidazole rings is 1. The molecule has 158 valence electrons. The van der Waals surface area contributed by atoms with E-state index < -0.39 is 0 Å². The highest BCUT2D eigenvalue weighted by molar-refractivity contribution is 7.20. The van der Waals surface area contributed by atoms with E-state index in [9.17, 15) is 9.18 Å². The molecule has 1 N–H and O–H groups in total. The number of nitrogens with zero attached hydrogens (tertiary/aromatic N) is 4. The molecule has 0 spiro atoms. The van der Waals surface area contributed by atoms with Gasteiger partial charge in [0.2, 0.25) is 16.0 Å². The molecule has 0 aliphatic carbocycles. The van der Waals surface area contributed by atoms with Crippen molar-refractivity contribution in [2.24, 2.45) is 5.92 Å². The highest BCUT2D eigenvalue weighted by Gasteiger charge is 2.28. The second kappa shape index (κ2) is 8.11. The van der Waals surface area contributed by atoms with E-state index in [-0.39, 0.29) is 17.6 Å². The third-order valence-electron chi connectivity index (χ3n) is 5.55. The fourth-order valence-corrected chi connectivity index (χ4v) is 4.74. The predicted octanol–water partition coefficient (Wildman–Crippen LogP) is 4.76. The predicted molar refractivity (Wildman–Crippen MR) is 121 cm³/mol. The highest BCUT2D eigenvalue weighted by Crippen LogP contribution is 2.30. The molecule has 1 atom stereocenters. The summed E-state index contributed by atoms with van der Waals surface area (Å²) in [7, 11) is 0. The first-order valence-corrected chi connectivity index (χ1v) is 11.1. The summed E-state index contributed by atoms with van der Waals surface area (Å²) in [5.74, 6) is -0.501. The number of carbonyl (C=O) groups is 1. The van der Waals surface area contributed by atoms with Crippen LogP contribution in [0.25, 0.3) is 16.2 Å². The molecule has 2 aromatic heterocycles. The lowest BCUT2D eigenvalue weighted by Gasteiger charge is -2.31. The summed E-state index contributed by atoms with van der Waals surface area (Å²) >= 11 is 1.54. The van der Waals surface area contributed by atoms with Crippen LogP contribution in [0, 0.1) is 18.7 Å². The molecule has 8 heteroatoms. The number of hydrogen-bond donors (Lipinski definition) is 1. The van der Waals surface area contributed by atoms with Crippen LogP contribution >= 0.6 is 11.3 Å². The van der Waals surface area contributed by atoms with Gasteiger partial charge in [-0.25, -0.2) is 13.9 Å². The van der Waals surface area contributed by atoms with Crippen molar-refractivity contribution in [2.45, 2.75) is 19.8 Å². The number of nitrogens with one attached hydrogen (secondary N) is 1. The van der Waals surface area contributed by atoms with Gasteiger partial charge in [0.1, 0.15) is 5.82 Å². The normalized spacial score (nSPS) is 16.6. The molecule has 6 nitrogen and oxygen atoms in total. The third kappa shape index (κ3) is 4.16. The van der Waals surface area contributed by atoms with Crippen LogP contribution in [-0.4, -0.2) is 33.6 Å². The number of hydrogen-bond acceptors (Lipinski definition) is 5. The van der Waals surface area contributed by atoms with E-state index in [1.165, 1.54) is 29.0 Å². The molecule has 1 fully saturated rings. The van der Waals surface area contributed by atoms with Gasteiger partial charge in [-0.3, -0.25) is 4.79 Å². The molecular weight excluding hydrogens is 413 g/mol. The van der Waals surface area contributed by atoms with Crippen LogP contribution < -0.4 is 10.2 Å². The van der Waals surface area contributed by atoms with Crippen molar-refractivity contribution in [2.75, 3.05) is 23.3 Å². The van der Waals surface area contributed by atoms with E-state index in [1.54, 1.807) is 12.1 Å². The summed E-state index contributed by atoms with van der Waals surface area (Å²) in [5, 5.41) is 8.48. The molecule has 31 heavy (non-hydrogen) atoms. The van der Waals surface area contributed by atoms with Crippen LogP contribution in [0.15, 0.2) is 54.7 Å². The Labute approximate surface area is 183 Å². The summed E-state index contributed by atoms with van der Waals surface area (Å²) < 4.78 is 14.9. The average Bonchev–Trinajstić information content (AvgIpc) is 3.35. The molecule has 2 aromatic carbocycles. The molecular formula is C23H22FN5OS. The zero-order chi connectivity index (χ0) is 21.4. The van der Waals surface area contributed by atoms with Crippen molar-refractivity contribution in [1.82, 2.24) is 14.6 Å².